The molecule has 1 aliphatic carbocycles. The number of aryl methyl sites for hydroxylation is 1. The van der Waals surface area contributed by atoms with Crippen LogP contribution in [0.15, 0.2) is 42.5 Å². The summed E-state index contributed by atoms with van der Waals surface area (Å²) in [7, 11) is 0. The third kappa shape index (κ3) is 7.37. The Bertz CT molecular complexity index is 960. The molecular weight excluding hydrogens is 479 g/mol. The number of amides is 2. The van der Waals surface area contributed by atoms with Gasteiger partial charge in [-0.2, -0.15) is 0 Å². The Kier molecular flexibility index (Phi) is 9.91. The van der Waals surface area contributed by atoms with Crippen molar-refractivity contribution < 1.29 is 9.59 Å². The van der Waals surface area contributed by atoms with E-state index in [0.29, 0.717) is 27.9 Å². The van der Waals surface area contributed by atoms with Crippen molar-refractivity contribution in [2.45, 2.75) is 76.9 Å². The van der Waals surface area contributed by atoms with Gasteiger partial charge >= 0.3 is 0 Å². The van der Waals surface area contributed by atoms with Gasteiger partial charge in [0.15, 0.2) is 0 Å². The number of hydrogen-bond donors (Lipinski definition) is 1. The zero-order valence-electron chi connectivity index (χ0n) is 19.0. The van der Waals surface area contributed by atoms with E-state index in [1.54, 1.807) is 17.0 Å². The number of hydrogen-bond acceptors (Lipinski definition) is 2. The van der Waals surface area contributed by atoms with Gasteiger partial charge < -0.3 is 10.2 Å². The minimum atomic E-state index is -0.555. The molecule has 2 aromatic carbocycles. The molecule has 3 rings (SSSR count). The summed E-state index contributed by atoms with van der Waals surface area (Å²) in [6.07, 6.45) is 6.77. The molecule has 2 aromatic rings. The highest BCUT2D eigenvalue weighted by Gasteiger charge is 2.30. The van der Waals surface area contributed by atoms with Gasteiger partial charge in [0.25, 0.3) is 0 Å². The maximum absolute atomic E-state index is 13.4. The summed E-state index contributed by atoms with van der Waals surface area (Å²) >= 11 is 18.6. The summed E-state index contributed by atoms with van der Waals surface area (Å²) in [5.74, 6) is -0.179. The topological polar surface area (TPSA) is 49.4 Å². The molecule has 7 heteroatoms. The van der Waals surface area contributed by atoms with E-state index in [1.165, 1.54) is 6.42 Å². The second-order valence-electron chi connectivity index (χ2n) is 8.63. The minimum Gasteiger partial charge on any atom is -0.352 e. The molecule has 0 aliphatic heterocycles. The largest absolute Gasteiger partial charge is 0.352 e. The second kappa shape index (κ2) is 12.6. The van der Waals surface area contributed by atoms with Gasteiger partial charge in [-0.1, -0.05) is 85.3 Å². The molecular formula is C26H31Cl3N2O2. The van der Waals surface area contributed by atoms with E-state index in [4.69, 9.17) is 34.8 Å². The third-order valence-electron chi connectivity index (χ3n) is 6.24. The van der Waals surface area contributed by atoms with Crippen LogP contribution in [0.3, 0.4) is 0 Å². The van der Waals surface area contributed by atoms with Gasteiger partial charge in [-0.15, -0.1) is 0 Å². The van der Waals surface area contributed by atoms with Gasteiger partial charge in [-0.25, -0.2) is 0 Å². The number of nitrogens with zero attached hydrogens (tertiary/aromatic N) is 1. The number of carbonyl (C=O) groups excluding carboxylic acids is 2. The van der Waals surface area contributed by atoms with Crippen molar-refractivity contribution in [3.8, 4) is 0 Å². The predicted octanol–water partition coefficient (Wildman–Crippen LogP) is 6.84. The molecule has 1 N–H and O–H groups in total. The van der Waals surface area contributed by atoms with Crippen LogP contribution in [0.5, 0.6) is 0 Å². The minimum absolute atomic E-state index is 0.0875. The molecule has 0 unspecified atom stereocenters. The van der Waals surface area contributed by atoms with Crippen LogP contribution >= 0.6 is 34.8 Å². The molecule has 2 amide bonds. The molecule has 0 aromatic heterocycles. The smallest absolute Gasteiger partial charge is 0.243 e. The average molecular weight is 510 g/mol. The van der Waals surface area contributed by atoms with Gasteiger partial charge in [-0.05, 0) is 55.0 Å². The fourth-order valence-corrected chi connectivity index (χ4v) is 4.94. The summed E-state index contributed by atoms with van der Waals surface area (Å²) in [4.78, 5) is 28.4. The van der Waals surface area contributed by atoms with Crippen LogP contribution in [-0.2, 0) is 22.6 Å². The summed E-state index contributed by atoms with van der Waals surface area (Å²) in [5.41, 5.74) is 1.75. The Balaban J connectivity index is 1.78. The van der Waals surface area contributed by atoms with E-state index in [9.17, 15) is 9.59 Å². The molecule has 4 nitrogen and oxygen atoms in total. The standard InChI is InChI=1S/C26H31Cl3N2O2/c1-2-24(26(33)30-20-9-4-3-5-10-20)31(17-18-12-14-22(28)23(29)16-18)25(32)15-13-19-8-6-7-11-21(19)27/h6-8,11-12,14,16,20,24H,2-5,9-10,13,15,17H2,1H3,(H,30,33)/t24-/m0/s1. The lowest BCUT2D eigenvalue weighted by molar-refractivity contribution is -0.141. The Morgan fingerprint density at radius 3 is 2.39 bits per heavy atom. The quantitative estimate of drug-likeness (QED) is 0.402. The lowest BCUT2D eigenvalue weighted by Crippen LogP contribution is -2.51. The lowest BCUT2D eigenvalue weighted by Gasteiger charge is -2.33. The van der Waals surface area contributed by atoms with Crippen LogP contribution in [0.1, 0.15) is 63.0 Å². The van der Waals surface area contributed by atoms with Crippen LogP contribution in [0.25, 0.3) is 0 Å². The first-order valence-corrected chi connectivity index (χ1v) is 12.8. The van der Waals surface area contributed by atoms with E-state index >= 15 is 0 Å². The van der Waals surface area contributed by atoms with E-state index < -0.39 is 6.04 Å². The van der Waals surface area contributed by atoms with Gasteiger partial charge in [-0.3, -0.25) is 9.59 Å². The average Bonchev–Trinajstić information content (AvgIpc) is 2.81. The summed E-state index contributed by atoms with van der Waals surface area (Å²) in [5, 5.41) is 4.72. The second-order valence-corrected chi connectivity index (χ2v) is 9.85. The number of benzene rings is 2. The molecule has 1 aliphatic rings. The first kappa shape index (κ1) is 25.9. The fourth-order valence-electron chi connectivity index (χ4n) is 4.38. The van der Waals surface area contributed by atoms with Crippen LogP contribution < -0.4 is 5.32 Å². The van der Waals surface area contributed by atoms with Gasteiger partial charge in [0.2, 0.25) is 11.8 Å². The highest BCUT2D eigenvalue weighted by atomic mass is 35.5. The van der Waals surface area contributed by atoms with Crippen LogP contribution in [0, 0.1) is 0 Å². The Labute approximate surface area is 211 Å². The van der Waals surface area contributed by atoms with Crippen LogP contribution in [0.4, 0.5) is 0 Å². The molecule has 0 radical (unpaired) electrons. The monoisotopic (exact) mass is 508 g/mol. The normalized spacial score (nSPS) is 15.2. The lowest BCUT2D eigenvalue weighted by atomic mass is 9.95. The third-order valence-corrected chi connectivity index (χ3v) is 7.35. The van der Waals surface area contributed by atoms with E-state index in [2.05, 4.69) is 5.32 Å². The zero-order valence-corrected chi connectivity index (χ0v) is 21.2. The molecule has 1 atom stereocenters. The summed E-state index contributed by atoms with van der Waals surface area (Å²) in [6.45, 7) is 2.23. The zero-order chi connectivity index (χ0) is 23.8. The van der Waals surface area contributed by atoms with Crippen molar-refractivity contribution in [2.24, 2.45) is 0 Å². The first-order chi connectivity index (χ1) is 15.9. The van der Waals surface area contributed by atoms with Crippen molar-refractivity contribution >= 4 is 46.6 Å². The molecule has 0 saturated heterocycles. The molecule has 1 fully saturated rings. The SMILES string of the molecule is CC[C@@H](C(=O)NC1CCCCC1)N(Cc1ccc(Cl)c(Cl)c1)C(=O)CCc1ccccc1Cl. The van der Waals surface area contributed by atoms with E-state index in [-0.39, 0.29) is 30.8 Å². The maximum atomic E-state index is 13.4. The molecule has 33 heavy (non-hydrogen) atoms. The number of rotatable bonds is 9. The first-order valence-electron chi connectivity index (χ1n) is 11.7. The number of carbonyl (C=O) groups is 2. The number of halogens is 3. The Morgan fingerprint density at radius 2 is 1.73 bits per heavy atom. The van der Waals surface area contributed by atoms with Gasteiger partial charge in [0, 0.05) is 24.0 Å². The fraction of sp³-hybridized carbons (Fsp3) is 0.462. The highest BCUT2D eigenvalue weighted by Crippen LogP contribution is 2.25. The maximum Gasteiger partial charge on any atom is 0.243 e. The summed E-state index contributed by atoms with van der Waals surface area (Å²) < 4.78 is 0. The molecule has 178 valence electrons. The molecule has 0 bridgehead atoms. The van der Waals surface area contributed by atoms with Crippen molar-refractivity contribution in [1.82, 2.24) is 10.2 Å². The summed E-state index contributed by atoms with van der Waals surface area (Å²) in [6, 6.07) is 12.5. The highest BCUT2D eigenvalue weighted by molar-refractivity contribution is 6.42. The molecule has 1 saturated carbocycles. The van der Waals surface area contributed by atoms with Crippen molar-refractivity contribution in [3.05, 3.63) is 68.7 Å². The van der Waals surface area contributed by atoms with E-state index in [0.717, 1.165) is 36.8 Å². The number of nitrogens with one attached hydrogen (secondary N) is 1. The van der Waals surface area contributed by atoms with E-state index in [1.807, 2.05) is 37.3 Å². The molecule has 0 heterocycles. The van der Waals surface area contributed by atoms with Crippen LogP contribution in [0.2, 0.25) is 15.1 Å². The van der Waals surface area contributed by atoms with Gasteiger partial charge in [0.05, 0.1) is 10.0 Å². The van der Waals surface area contributed by atoms with Crippen molar-refractivity contribution in [2.75, 3.05) is 0 Å². The van der Waals surface area contributed by atoms with Crippen LogP contribution in [-0.4, -0.2) is 28.8 Å². The van der Waals surface area contributed by atoms with Crippen molar-refractivity contribution in [1.29, 1.82) is 0 Å². The Morgan fingerprint density at radius 1 is 1.00 bits per heavy atom. The predicted molar refractivity (Wildman–Crippen MR) is 136 cm³/mol. The van der Waals surface area contributed by atoms with Crippen molar-refractivity contribution in [3.63, 3.8) is 0 Å². The van der Waals surface area contributed by atoms with Gasteiger partial charge in [0.1, 0.15) is 6.04 Å². The Hall–Kier alpha value is -1.75. The molecule has 0 spiro atoms.